The van der Waals surface area contributed by atoms with Crippen molar-refractivity contribution >= 4 is 38.2 Å². The molecular weight excluding hydrogens is 386 g/mol. The van der Waals surface area contributed by atoms with Crippen LogP contribution in [0.1, 0.15) is 12.5 Å². The minimum Gasteiger partial charge on any atom is -0.326 e. The molecule has 1 N–H and O–H groups in total. The lowest BCUT2D eigenvalue weighted by atomic mass is 10.0. The summed E-state index contributed by atoms with van der Waals surface area (Å²) in [6, 6.07) is 20.3. The van der Waals surface area contributed by atoms with Crippen molar-refractivity contribution in [2.45, 2.75) is 18.2 Å². The molecule has 148 valence electrons. The molecule has 0 saturated heterocycles. The van der Waals surface area contributed by atoms with Gasteiger partial charge in [0.25, 0.3) is 10.0 Å². The molecule has 29 heavy (non-hydrogen) atoms. The van der Waals surface area contributed by atoms with Gasteiger partial charge in [-0.05, 0) is 40.6 Å². The number of carbonyl (C=O) groups is 1. The van der Waals surface area contributed by atoms with E-state index in [2.05, 4.69) is 10.3 Å². The second-order valence-electron chi connectivity index (χ2n) is 6.90. The third kappa shape index (κ3) is 3.86. The molecule has 1 aliphatic rings. The molecule has 1 amide bonds. The Labute approximate surface area is 169 Å². The Hall–Kier alpha value is -3.19. The summed E-state index contributed by atoms with van der Waals surface area (Å²) in [4.78, 5) is 15.8. The molecule has 1 aliphatic heterocycles. The van der Waals surface area contributed by atoms with Crippen LogP contribution in [0.15, 0.2) is 76.6 Å². The van der Waals surface area contributed by atoms with Gasteiger partial charge in [0.15, 0.2) is 0 Å². The zero-order valence-electron chi connectivity index (χ0n) is 16.0. The number of amides is 1. The standard InChI is InChI=1S/C22H21N3O3S/c1-16(26)24-19-9-11-20(12-10-19)29(27,28)25-14-13-23-22(25)15-18-7-4-6-17-5-2-3-8-21(17)18/h2-12H,13-15H2,1H3,(H,24,26). The van der Waals surface area contributed by atoms with Crippen LogP contribution in [0.2, 0.25) is 0 Å². The zero-order chi connectivity index (χ0) is 20.4. The van der Waals surface area contributed by atoms with E-state index in [0.29, 0.717) is 31.0 Å². The number of anilines is 1. The average Bonchev–Trinajstić information content (AvgIpc) is 3.17. The number of amidine groups is 1. The Balaban J connectivity index is 1.61. The minimum atomic E-state index is -3.72. The number of sulfonamides is 1. The fourth-order valence-corrected chi connectivity index (χ4v) is 4.99. The van der Waals surface area contributed by atoms with Crippen molar-refractivity contribution in [2.24, 2.45) is 4.99 Å². The smallest absolute Gasteiger partial charge is 0.265 e. The average molecular weight is 407 g/mol. The number of benzene rings is 3. The number of aliphatic imine (C=N–C) groups is 1. The van der Waals surface area contributed by atoms with Crippen LogP contribution in [-0.2, 0) is 21.2 Å². The van der Waals surface area contributed by atoms with E-state index in [0.717, 1.165) is 16.3 Å². The molecule has 0 fully saturated rings. The van der Waals surface area contributed by atoms with Crippen molar-refractivity contribution in [1.82, 2.24) is 4.31 Å². The maximum atomic E-state index is 13.2. The summed E-state index contributed by atoms with van der Waals surface area (Å²) in [6.45, 7) is 2.18. The maximum Gasteiger partial charge on any atom is 0.265 e. The monoisotopic (exact) mass is 407 g/mol. The van der Waals surface area contributed by atoms with Crippen molar-refractivity contribution < 1.29 is 13.2 Å². The summed E-state index contributed by atoms with van der Waals surface area (Å²) < 4.78 is 27.8. The summed E-state index contributed by atoms with van der Waals surface area (Å²) in [6.07, 6.45) is 0.449. The van der Waals surface area contributed by atoms with Gasteiger partial charge in [0, 0.05) is 19.0 Å². The van der Waals surface area contributed by atoms with Crippen molar-refractivity contribution in [3.63, 3.8) is 0 Å². The first-order chi connectivity index (χ1) is 13.9. The van der Waals surface area contributed by atoms with Crippen LogP contribution in [0.4, 0.5) is 5.69 Å². The fraction of sp³-hybridized carbons (Fsp3) is 0.182. The molecular formula is C22H21N3O3S. The van der Waals surface area contributed by atoms with Gasteiger partial charge >= 0.3 is 0 Å². The first kappa shape index (κ1) is 19.1. The molecule has 6 nitrogen and oxygen atoms in total. The highest BCUT2D eigenvalue weighted by Gasteiger charge is 2.30. The van der Waals surface area contributed by atoms with Gasteiger partial charge < -0.3 is 5.32 Å². The number of hydrogen-bond donors (Lipinski definition) is 1. The van der Waals surface area contributed by atoms with Gasteiger partial charge in [-0.15, -0.1) is 0 Å². The highest BCUT2D eigenvalue weighted by Crippen LogP contribution is 2.25. The van der Waals surface area contributed by atoms with Gasteiger partial charge in [-0.25, -0.2) is 8.42 Å². The molecule has 0 spiro atoms. The topological polar surface area (TPSA) is 78.8 Å². The quantitative estimate of drug-likeness (QED) is 0.704. The fourth-order valence-electron chi connectivity index (χ4n) is 3.54. The first-order valence-corrected chi connectivity index (χ1v) is 10.8. The normalized spacial score (nSPS) is 14.1. The van der Waals surface area contributed by atoms with Gasteiger partial charge in [-0.2, -0.15) is 0 Å². The Morgan fingerprint density at radius 2 is 1.76 bits per heavy atom. The largest absolute Gasteiger partial charge is 0.326 e. The number of hydrogen-bond acceptors (Lipinski definition) is 4. The van der Waals surface area contributed by atoms with E-state index in [9.17, 15) is 13.2 Å². The van der Waals surface area contributed by atoms with Gasteiger partial charge in [0.2, 0.25) is 5.91 Å². The predicted molar refractivity (Wildman–Crippen MR) is 115 cm³/mol. The molecule has 3 aromatic carbocycles. The number of carbonyl (C=O) groups excluding carboxylic acids is 1. The van der Waals surface area contributed by atoms with Crippen molar-refractivity contribution in [3.8, 4) is 0 Å². The molecule has 0 bridgehead atoms. The number of nitrogens with zero attached hydrogens (tertiary/aromatic N) is 2. The molecule has 4 rings (SSSR count). The van der Waals surface area contributed by atoms with E-state index >= 15 is 0 Å². The molecule has 7 heteroatoms. The van der Waals surface area contributed by atoms with Gasteiger partial charge in [0.05, 0.1) is 18.0 Å². The zero-order valence-corrected chi connectivity index (χ0v) is 16.8. The van der Waals surface area contributed by atoms with Crippen molar-refractivity contribution in [2.75, 3.05) is 18.4 Å². The van der Waals surface area contributed by atoms with E-state index in [1.54, 1.807) is 12.1 Å². The molecule has 0 aromatic heterocycles. The molecule has 0 saturated carbocycles. The van der Waals surface area contributed by atoms with Crippen LogP contribution in [0.3, 0.4) is 0 Å². The predicted octanol–water partition coefficient (Wildman–Crippen LogP) is 3.44. The SMILES string of the molecule is CC(=O)Nc1ccc(S(=O)(=O)N2CCN=C2Cc2cccc3ccccc23)cc1. The van der Waals surface area contributed by atoms with Crippen LogP contribution >= 0.6 is 0 Å². The molecule has 3 aromatic rings. The first-order valence-electron chi connectivity index (χ1n) is 9.35. The molecule has 0 atom stereocenters. The third-order valence-corrected chi connectivity index (χ3v) is 6.72. The third-order valence-electron chi connectivity index (χ3n) is 4.88. The molecule has 0 unspecified atom stereocenters. The summed E-state index contributed by atoms with van der Waals surface area (Å²) in [5.74, 6) is 0.344. The van der Waals surface area contributed by atoms with Crippen LogP contribution < -0.4 is 5.32 Å². The van der Waals surface area contributed by atoms with Crippen molar-refractivity contribution in [1.29, 1.82) is 0 Å². The van der Waals surface area contributed by atoms with E-state index in [1.807, 2.05) is 42.5 Å². The van der Waals surface area contributed by atoms with E-state index < -0.39 is 10.0 Å². The summed E-state index contributed by atoms with van der Waals surface area (Å²) >= 11 is 0. The summed E-state index contributed by atoms with van der Waals surface area (Å²) in [5.41, 5.74) is 1.60. The number of rotatable bonds is 5. The van der Waals surface area contributed by atoms with Crippen LogP contribution in [0.25, 0.3) is 10.8 Å². The number of nitrogens with one attached hydrogen (secondary N) is 1. The van der Waals surface area contributed by atoms with Gasteiger partial charge in [-0.1, -0.05) is 42.5 Å². The Bertz CT molecular complexity index is 1200. The Morgan fingerprint density at radius 3 is 2.52 bits per heavy atom. The highest BCUT2D eigenvalue weighted by molar-refractivity contribution is 7.89. The van der Waals surface area contributed by atoms with Gasteiger partial charge in [0.1, 0.15) is 5.84 Å². The van der Waals surface area contributed by atoms with Crippen LogP contribution in [0, 0.1) is 0 Å². The number of fused-ring (bicyclic) bond motifs is 1. The summed E-state index contributed by atoms with van der Waals surface area (Å²) in [7, 11) is -3.72. The maximum absolute atomic E-state index is 13.2. The van der Waals surface area contributed by atoms with Crippen molar-refractivity contribution in [3.05, 3.63) is 72.3 Å². The van der Waals surface area contributed by atoms with Crippen LogP contribution in [0.5, 0.6) is 0 Å². The van der Waals surface area contributed by atoms with Crippen LogP contribution in [-0.4, -0.2) is 37.6 Å². The summed E-state index contributed by atoms with van der Waals surface area (Å²) in [5, 5.41) is 4.86. The second-order valence-corrected chi connectivity index (χ2v) is 8.76. The van der Waals surface area contributed by atoms with Gasteiger partial charge in [-0.3, -0.25) is 14.1 Å². The molecule has 0 aliphatic carbocycles. The second kappa shape index (κ2) is 7.67. The van der Waals surface area contributed by atoms with E-state index in [1.165, 1.54) is 23.4 Å². The lowest BCUT2D eigenvalue weighted by molar-refractivity contribution is -0.114. The lowest BCUT2D eigenvalue weighted by Gasteiger charge is -2.21. The molecule has 1 heterocycles. The minimum absolute atomic E-state index is 0.180. The highest BCUT2D eigenvalue weighted by atomic mass is 32.2. The Kier molecular flexibility index (Phi) is 5.07. The van der Waals surface area contributed by atoms with E-state index in [-0.39, 0.29) is 10.8 Å². The molecule has 0 radical (unpaired) electrons. The Morgan fingerprint density at radius 1 is 1.03 bits per heavy atom. The lowest BCUT2D eigenvalue weighted by Crippen LogP contribution is -2.35. The van der Waals surface area contributed by atoms with E-state index in [4.69, 9.17) is 0 Å².